The highest BCUT2D eigenvalue weighted by Crippen LogP contribution is 2.46. The minimum absolute atomic E-state index is 0.00777. The molecule has 0 saturated carbocycles. The molecule has 4 aliphatic heterocycles. The van der Waals surface area contributed by atoms with Crippen molar-refractivity contribution in [1.29, 1.82) is 0 Å². The van der Waals surface area contributed by atoms with Crippen LogP contribution in [0.4, 0.5) is 0 Å². The molecule has 58 heavy (non-hydrogen) atoms. The molecular formula is C45H53N3O10. The van der Waals surface area contributed by atoms with Gasteiger partial charge in [-0.25, -0.2) is 4.79 Å². The number of hydrogen-bond donors (Lipinski definition) is 3. The van der Waals surface area contributed by atoms with Gasteiger partial charge in [0, 0.05) is 81.0 Å². The summed E-state index contributed by atoms with van der Waals surface area (Å²) >= 11 is 0. The van der Waals surface area contributed by atoms with Gasteiger partial charge in [0.15, 0.2) is 11.5 Å². The molecule has 308 valence electrons. The zero-order valence-electron chi connectivity index (χ0n) is 33.1. The number of ketones is 1. The molecule has 2 amide bonds. The Bertz CT molecular complexity index is 2130. The van der Waals surface area contributed by atoms with Crippen LogP contribution in [0.3, 0.4) is 0 Å². The second-order valence-corrected chi connectivity index (χ2v) is 16.1. The quantitative estimate of drug-likeness (QED) is 0.156. The van der Waals surface area contributed by atoms with Gasteiger partial charge >= 0.3 is 5.97 Å². The Morgan fingerprint density at radius 1 is 0.948 bits per heavy atom. The maximum absolute atomic E-state index is 13.7. The Balaban J connectivity index is 1.01. The van der Waals surface area contributed by atoms with Crippen LogP contribution in [0.25, 0.3) is 6.08 Å². The molecule has 1 fully saturated rings. The van der Waals surface area contributed by atoms with E-state index < -0.39 is 23.7 Å². The van der Waals surface area contributed by atoms with Crippen molar-refractivity contribution in [2.45, 2.75) is 108 Å². The summed E-state index contributed by atoms with van der Waals surface area (Å²) in [7, 11) is 0. The van der Waals surface area contributed by atoms with Crippen LogP contribution < -0.4 is 20.3 Å². The van der Waals surface area contributed by atoms with E-state index in [4.69, 9.17) is 14.2 Å². The number of carbonyl (C=O) groups excluding carboxylic acids is 4. The second-order valence-electron chi connectivity index (χ2n) is 16.1. The van der Waals surface area contributed by atoms with Crippen molar-refractivity contribution >= 4 is 29.6 Å². The maximum atomic E-state index is 13.7. The van der Waals surface area contributed by atoms with E-state index in [1.807, 2.05) is 15.5 Å². The predicted molar refractivity (Wildman–Crippen MR) is 215 cm³/mol. The average Bonchev–Trinajstić information content (AvgIpc) is 3.67. The molecule has 1 aromatic heterocycles. The van der Waals surface area contributed by atoms with Gasteiger partial charge in [-0.2, -0.15) is 0 Å². The summed E-state index contributed by atoms with van der Waals surface area (Å²) in [5, 5.41) is 26.4. The smallest absolute Gasteiger partial charge is 0.342 e. The maximum Gasteiger partial charge on any atom is 0.342 e. The third-order valence-electron chi connectivity index (χ3n) is 11.8. The monoisotopic (exact) mass is 795 g/mol. The topological polar surface area (TPSA) is 174 Å². The number of hydrogen-bond acceptors (Lipinski definition) is 10. The van der Waals surface area contributed by atoms with E-state index in [2.05, 4.69) is 5.32 Å². The number of cyclic esters (lactones) is 1. The van der Waals surface area contributed by atoms with Crippen molar-refractivity contribution < 1.29 is 43.6 Å². The van der Waals surface area contributed by atoms with Crippen molar-refractivity contribution in [3.05, 3.63) is 86.8 Å². The first-order valence-corrected chi connectivity index (χ1v) is 20.7. The highest BCUT2D eigenvalue weighted by Gasteiger charge is 2.36. The number of nitrogens with one attached hydrogen (secondary N) is 1. The van der Waals surface area contributed by atoms with E-state index in [1.54, 1.807) is 49.4 Å². The lowest BCUT2D eigenvalue weighted by Gasteiger charge is -2.42. The van der Waals surface area contributed by atoms with Crippen LogP contribution in [-0.2, 0) is 25.7 Å². The van der Waals surface area contributed by atoms with E-state index in [0.717, 1.165) is 18.5 Å². The number of unbranched alkanes of at least 4 members (excludes halogenated alkanes) is 2. The fraction of sp³-hybridized carbons (Fsp3) is 0.489. The van der Waals surface area contributed by atoms with E-state index in [1.165, 1.54) is 6.07 Å². The lowest BCUT2D eigenvalue weighted by atomic mass is 9.83. The van der Waals surface area contributed by atoms with Crippen molar-refractivity contribution in [3.8, 4) is 23.0 Å². The van der Waals surface area contributed by atoms with Crippen molar-refractivity contribution in [2.75, 3.05) is 26.4 Å². The molecule has 13 heteroatoms. The number of ether oxygens (including phenoxy) is 3. The van der Waals surface area contributed by atoms with E-state index in [0.29, 0.717) is 101 Å². The molecule has 0 aliphatic carbocycles. The second kappa shape index (κ2) is 18.3. The number of carbonyl (C=O) groups is 4. The minimum Gasteiger partial charge on any atom is -0.507 e. The van der Waals surface area contributed by atoms with Crippen molar-refractivity contribution in [3.63, 3.8) is 0 Å². The summed E-state index contributed by atoms with van der Waals surface area (Å²) in [6, 6.07) is 11.9. The summed E-state index contributed by atoms with van der Waals surface area (Å²) < 4.78 is 18.7. The summed E-state index contributed by atoms with van der Waals surface area (Å²) in [6.07, 6.45) is 9.30. The summed E-state index contributed by atoms with van der Waals surface area (Å²) in [5.74, 6) is -1.07. The number of phenols is 2. The highest BCUT2D eigenvalue weighted by atomic mass is 16.7. The number of esters is 1. The van der Waals surface area contributed by atoms with Crippen LogP contribution in [0.1, 0.15) is 129 Å². The average molecular weight is 796 g/mol. The van der Waals surface area contributed by atoms with Crippen LogP contribution in [-0.4, -0.2) is 75.8 Å². The van der Waals surface area contributed by atoms with Crippen LogP contribution in [0.5, 0.6) is 23.0 Å². The van der Waals surface area contributed by atoms with Crippen LogP contribution in [0.15, 0.2) is 53.3 Å². The Morgan fingerprint density at radius 3 is 2.64 bits per heavy atom. The number of piperidine rings is 1. The number of amides is 2. The van der Waals surface area contributed by atoms with Gasteiger partial charge in [0.05, 0.1) is 6.10 Å². The number of likely N-dealkylation sites (tertiary alicyclic amines) is 1. The highest BCUT2D eigenvalue weighted by molar-refractivity contribution is 5.98. The molecule has 7 rings (SSSR count). The van der Waals surface area contributed by atoms with Gasteiger partial charge in [-0.05, 0) is 93.2 Å². The Labute approximate surface area is 338 Å². The van der Waals surface area contributed by atoms with Crippen LogP contribution in [0, 0.1) is 5.92 Å². The van der Waals surface area contributed by atoms with E-state index in [9.17, 15) is 34.2 Å². The molecule has 4 aliphatic rings. The standard InChI is InChI=1S/C45H53N3O10/c1-28-10-8-13-33(49)12-5-2-4-11-31-21-36(50)43(44(54)42(31)45(55)58-28)34(30-17-18-37-38(22-30)57-27-56-37)23-39(51)46-19-7-3-6-15-40(52)47-24-29-20-32(26-47)35-14-9-16-41(53)48(35)25-29/h4,9,11,14,16-18,21-22,28-29,32,34,50,54H,2-3,5-8,10,12-13,15,19-20,23-27H2,1H3,(H,46,51)/t28-,29?,32?,34?/m0/s1. The van der Waals surface area contributed by atoms with Gasteiger partial charge in [0.2, 0.25) is 18.6 Å². The van der Waals surface area contributed by atoms with Crippen LogP contribution >= 0.6 is 0 Å². The summed E-state index contributed by atoms with van der Waals surface area (Å²) in [6.45, 7) is 4.06. The first kappa shape index (κ1) is 40.6. The number of aromatic hydroxyl groups is 2. The molecular weight excluding hydrogens is 743 g/mol. The van der Waals surface area contributed by atoms with E-state index in [-0.39, 0.29) is 70.6 Å². The predicted octanol–water partition coefficient (Wildman–Crippen LogP) is 6.31. The molecule has 0 spiro atoms. The number of rotatable bonds is 10. The first-order valence-electron chi connectivity index (χ1n) is 20.7. The van der Waals surface area contributed by atoms with Crippen molar-refractivity contribution in [1.82, 2.24) is 14.8 Å². The lowest BCUT2D eigenvalue weighted by molar-refractivity contribution is -0.134. The normalized spacial score (nSPS) is 21.0. The van der Waals surface area contributed by atoms with Gasteiger partial charge in [-0.15, -0.1) is 0 Å². The largest absolute Gasteiger partial charge is 0.507 e. The van der Waals surface area contributed by atoms with Gasteiger partial charge in [0.25, 0.3) is 5.56 Å². The third-order valence-corrected chi connectivity index (χ3v) is 11.8. The minimum atomic E-state index is -0.889. The van der Waals surface area contributed by atoms with Gasteiger partial charge in [-0.1, -0.05) is 30.7 Å². The Kier molecular flexibility index (Phi) is 12.8. The number of Topliss-reactive ketones (excluding diaryl/α,β-unsaturated/α-hetero) is 1. The SMILES string of the molecule is C[C@H]1CCCC(=O)CCCC=Cc2cc(O)c(C(CC(=O)NCCCCCC(=O)N3CC4CC(C3)c3cccc(=O)n3C4)c3ccc4c(c3)OCO4)c(O)c2C(=O)O1. The Morgan fingerprint density at radius 2 is 1.78 bits per heavy atom. The summed E-state index contributed by atoms with van der Waals surface area (Å²) in [5.41, 5.74) is 1.75. The third kappa shape index (κ3) is 9.40. The number of fused-ring (bicyclic) bond motifs is 6. The Hall–Kier alpha value is -5.59. The fourth-order valence-electron chi connectivity index (χ4n) is 8.86. The van der Waals surface area contributed by atoms with Gasteiger partial charge in [-0.3, -0.25) is 19.2 Å². The lowest BCUT2D eigenvalue weighted by Crippen LogP contribution is -2.49. The molecule has 13 nitrogen and oxygen atoms in total. The van der Waals surface area contributed by atoms with Gasteiger partial charge in [0.1, 0.15) is 22.8 Å². The number of benzene rings is 2. The molecule has 0 radical (unpaired) electrons. The molecule has 3 aromatic rings. The molecule has 5 heterocycles. The number of aromatic nitrogens is 1. The zero-order chi connectivity index (χ0) is 40.8. The van der Waals surface area contributed by atoms with Gasteiger partial charge < -0.3 is 39.2 Å². The number of nitrogens with zero attached hydrogens (tertiary/aromatic N) is 2. The molecule has 1 saturated heterocycles. The van der Waals surface area contributed by atoms with Crippen LogP contribution in [0.2, 0.25) is 0 Å². The fourth-order valence-corrected chi connectivity index (χ4v) is 8.86. The summed E-state index contributed by atoms with van der Waals surface area (Å²) in [4.78, 5) is 67.1. The first-order chi connectivity index (χ1) is 28.0. The zero-order valence-corrected chi connectivity index (χ0v) is 33.1. The number of allylic oxidation sites excluding steroid dienone is 1. The molecule has 4 atom stereocenters. The van der Waals surface area contributed by atoms with E-state index >= 15 is 0 Å². The number of phenolic OH excluding ortho intramolecular Hbond substituents is 2. The molecule has 3 N–H and O–H groups in total. The molecule has 3 unspecified atom stereocenters. The molecule has 2 aromatic carbocycles. The number of pyridine rings is 1. The molecule has 2 bridgehead atoms. The van der Waals surface area contributed by atoms with Crippen molar-refractivity contribution in [2.24, 2.45) is 5.92 Å².